The third-order valence-electron chi connectivity index (χ3n) is 5.60. The van der Waals surface area contributed by atoms with Crippen molar-refractivity contribution in [2.24, 2.45) is 0 Å². The van der Waals surface area contributed by atoms with Gasteiger partial charge in [0.1, 0.15) is 11.9 Å². The monoisotopic (exact) mass is 451 g/mol. The second kappa shape index (κ2) is 10.2. The fourth-order valence-electron chi connectivity index (χ4n) is 3.83. The van der Waals surface area contributed by atoms with Crippen LogP contribution >= 0.6 is 0 Å². The van der Waals surface area contributed by atoms with Crippen LogP contribution in [0.1, 0.15) is 31.0 Å². The quantitative estimate of drug-likeness (QED) is 0.484. The number of aromatic nitrogens is 3. The van der Waals surface area contributed by atoms with Crippen molar-refractivity contribution in [1.82, 2.24) is 20.7 Å². The summed E-state index contributed by atoms with van der Waals surface area (Å²) < 4.78 is 20.2. The van der Waals surface area contributed by atoms with Gasteiger partial charge in [-0.2, -0.15) is 15.4 Å². The highest BCUT2D eigenvalue weighted by Gasteiger charge is 2.32. The van der Waals surface area contributed by atoms with Gasteiger partial charge < -0.3 is 10.1 Å². The van der Waals surface area contributed by atoms with Crippen LogP contribution in [0.2, 0.25) is 0 Å². The minimum atomic E-state index is -0.551. The van der Waals surface area contributed by atoms with E-state index < -0.39 is 18.0 Å². The Bertz CT molecular complexity index is 1100. The van der Waals surface area contributed by atoms with Crippen LogP contribution in [-0.4, -0.2) is 46.6 Å². The molecule has 0 spiro atoms. The Morgan fingerprint density at radius 3 is 2.70 bits per heavy atom. The van der Waals surface area contributed by atoms with Gasteiger partial charge in [-0.25, -0.2) is 9.18 Å². The molecule has 2 heterocycles. The number of anilines is 1. The van der Waals surface area contributed by atoms with Crippen LogP contribution in [-0.2, 0) is 22.4 Å². The topological polar surface area (TPSA) is 100 Å². The molecule has 1 aliphatic heterocycles. The number of aromatic amines is 1. The lowest BCUT2D eigenvalue weighted by atomic mass is 10.0. The molecule has 33 heavy (non-hydrogen) atoms. The highest BCUT2D eigenvalue weighted by molar-refractivity contribution is 5.90. The van der Waals surface area contributed by atoms with Crippen LogP contribution in [0, 0.1) is 5.82 Å². The normalized spacial score (nSPS) is 15.5. The first-order chi connectivity index (χ1) is 16.0. The van der Waals surface area contributed by atoms with Crippen LogP contribution in [0.25, 0.3) is 11.1 Å². The average molecular weight is 452 g/mol. The smallest absolute Gasteiger partial charge is 0.414 e. The Balaban J connectivity index is 1.34. The largest absolute Gasteiger partial charge is 0.442 e. The summed E-state index contributed by atoms with van der Waals surface area (Å²) in [7, 11) is 0. The highest BCUT2D eigenvalue weighted by atomic mass is 19.1. The molecule has 1 aromatic heterocycles. The van der Waals surface area contributed by atoms with Gasteiger partial charge in [-0.1, -0.05) is 24.3 Å². The number of hydrogen-bond acceptors (Lipinski definition) is 5. The standard InChI is InChI=1S/C24H26FN5O3/c1-16(31)26-14-21-15-30(24(32)33-21)20-10-11-22(23(25)12-20)18-8-6-17(7-9-18)4-2-3-5-19-13-27-29-28-19/h6-13,21H,2-5,14-15H2,1H3,(H,26,31)(H,27,28,29)/t21-/m0/s1. The number of cyclic esters (lactones) is 1. The lowest BCUT2D eigenvalue weighted by molar-refractivity contribution is -0.119. The van der Waals surface area contributed by atoms with E-state index in [4.69, 9.17) is 4.74 Å². The predicted octanol–water partition coefficient (Wildman–Crippen LogP) is 3.64. The summed E-state index contributed by atoms with van der Waals surface area (Å²) in [5, 5.41) is 13.1. The number of unbranched alkanes of at least 4 members (excludes halogenated alkanes) is 1. The van der Waals surface area contributed by atoms with Gasteiger partial charge in [0.05, 0.1) is 30.7 Å². The van der Waals surface area contributed by atoms with Gasteiger partial charge in [-0.3, -0.25) is 9.69 Å². The third-order valence-corrected chi connectivity index (χ3v) is 5.60. The summed E-state index contributed by atoms with van der Waals surface area (Å²) in [6, 6.07) is 12.6. The zero-order valence-electron chi connectivity index (χ0n) is 18.4. The maximum atomic E-state index is 14.9. The zero-order chi connectivity index (χ0) is 23.2. The van der Waals surface area contributed by atoms with Crippen LogP contribution in [0.5, 0.6) is 0 Å². The Morgan fingerprint density at radius 1 is 1.21 bits per heavy atom. The molecule has 0 unspecified atom stereocenters. The van der Waals surface area contributed by atoms with Crippen LogP contribution in [0.4, 0.5) is 14.9 Å². The molecule has 2 aromatic carbocycles. The van der Waals surface area contributed by atoms with Crippen LogP contribution < -0.4 is 10.2 Å². The summed E-state index contributed by atoms with van der Waals surface area (Å²) in [6.45, 7) is 1.88. The molecule has 4 rings (SSSR count). The maximum Gasteiger partial charge on any atom is 0.414 e. The van der Waals surface area contributed by atoms with Crippen LogP contribution in [0.3, 0.4) is 0 Å². The SMILES string of the molecule is CC(=O)NC[C@H]1CN(c2ccc(-c3ccc(CCCCc4cn[nH]n4)cc3)c(F)c2)C(=O)O1. The van der Waals surface area contributed by atoms with E-state index >= 15 is 0 Å². The number of H-pyrrole nitrogens is 1. The maximum absolute atomic E-state index is 14.9. The molecule has 2 amide bonds. The summed E-state index contributed by atoms with van der Waals surface area (Å²) in [5.74, 6) is -0.608. The lowest BCUT2D eigenvalue weighted by Gasteiger charge is -2.14. The van der Waals surface area contributed by atoms with E-state index in [1.165, 1.54) is 23.5 Å². The van der Waals surface area contributed by atoms with Crippen molar-refractivity contribution in [3.05, 3.63) is 65.7 Å². The van der Waals surface area contributed by atoms with Crippen LogP contribution in [0.15, 0.2) is 48.7 Å². The molecular formula is C24H26FN5O3. The molecule has 2 N–H and O–H groups in total. The Labute approximate surface area is 191 Å². The number of nitrogens with zero attached hydrogens (tertiary/aromatic N) is 3. The zero-order valence-corrected chi connectivity index (χ0v) is 18.4. The van der Waals surface area contributed by atoms with Crippen molar-refractivity contribution >= 4 is 17.7 Å². The lowest BCUT2D eigenvalue weighted by Crippen LogP contribution is -2.33. The highest BCUT2D eigenvalue weighted by Crippen LogP contribution is 2.29. The molecule has 8 nitrogen and oxygen atoms in total. The number of nitrogens with one attached hydrogen (secondary N) is 2. The van der Waals surface area contributed by atoms with Crippen molar-refractivity contribution in [3.8, 4) is 11.1 Å². The van der Waals surface area contributed by atoms with Crippen molar-refractivity contribution < 1.29 is 18.7 Å². The minimum absolute atomic E-state index is 0.197. The number of amides is 2. The molecule has 1 aliphatic rings. The molecule has 0 saturated carbocycles. The van der Waals surface area contributed by atoms with Crippen molar-refractivity contribution in [3.63, 3.8) is 0 Å². The van der Waals surface area contributed by atoms with Gasteiger partial charge in [0.25, 0.3) is 0 Å². The molecule has 0 aliphatic carbocycles. The predicted molar refractivity (Wildman–Crippen MR) is 121 cm³/mol. The average Bonchev–Trinajstić information content (AvgIpc) is 3.45. The van der Waals surface area contributed by atoms with Gasteiger partial charge in [-0.15, -0.1) is 0 Å². The number of aryl methyl sites for hydroxylation is 2. The number of rotatable bonds is 9. The van der Waals surface area contributed by atoms with E-state index in [-0.39, 0.29) is 19.0 Å². The van der Waals surface area contributed by atoms with Gasteiger partial charge in [0.2, 0.25) is 5.91 Å². The first-order valence-electron chi connectivity index (χ1n) is 11.0. The number of carbonyl (C=O) groups is 2. The molecule has 1 fully saturated rings. The Hall–Kier alpha value is -3.75. The molecule has 3 aromatic rings. The fraction of sp³-hybridized carbons (Fsp3) is 0.333. The molecule has 0 bridgehead atoms. The van der Waals surface area contributed by atoms with Crippen molar-refractivity contribution in [2.75, 3.05) is 18.0 Å². The van der Waals surface area contributed by atoms with Crippen molar-refractivity contribution in [1.29, 1.82) is 0 Å². The number of halogens is 1. The van der Waals surface area contributed by atoms with E-state index in [2.05, 4.69) is 20.7 Å². The van der Waals surface area contributed by atoms with Gasteiger partial charge in [0, 0.05) is 12.5 Å². The van der Waals surface area contributed by atoms with Gasteiger partial charge in [0.15, 0.2) is 0 Å². The van der Waals surface area contributed by atoms with Crippen molar-refractivity contribution in [2.45, 2.75) is 38.7 Å². The fourth-order valence-corrected chi connectivity index (χ4v) is 3.83. The number of hydrogen-bond donors (Lipinski definition) is 2. The van der Waals surface area contributed by atoms with E-state index in [0.29, 0.717) is 11.3 Å². The molecule has 1 atom stereocenters. The Kier molecular flexibility index (Phi) is 6.97. The molecule has 0 radical (unpaired) electrons. The third kappa shape index (κ3) is 5.74. The number of benzene rings is 2. The summed E-state index contributed by atoms with van der Waals surface area (Å²) in [5.41, 5.74) is 3.84. The first kappa shape index (κ1) is 22.4. The van der Waals surface area contributed by atoms with Gasteiger partial charge in [-0.05, 0) is 55.0 Å². The molecule has 172 valence electrons. The first-order valence-corrected chi connectivity index (χ1v) is 11.0. The molecule has 1 saturated heterocycles. The Morgan fingerprint density at radius 2 is 2.00 bits per heavy atom. The van der Waals surface area contributed by atoms with E-state index in [1.54, 1.807) is 18.3 Å². The minimum Gasteiger partial charge on any atom is -0.442 e. The van der Waals surface area contributed by atoms with E-state index in [0.717, 1.165) is 36.9 Å². The summed E-state index contributed by atoms with van der Waals surface area (Å²) in [4.78, 5) is 24.6. The second-order valence-electron chi connectivity index (χ2n) is 8.08. The van der Waals surface area contributed by atoms with Gasteiger partial charge >= 0.3 is 6.09 Å². The molecule has 9 heteroatoms. The summed E-state index contributed by atoms with van der Waals surface area (Å²) >= 11 is 0. The number of carbonyl (C=O) groups excluding carboxylic acids is 2. The number of ether oxygens (including phenoxy) is 1. The summed E-state index contributed by atoms with van der Waals surface area (Å²) in [6.07, 6.45) is 4.61. The van der Waals surface area contributed by atoms with E-state index in [9.17, 15) is 14.0 Å². The second-order valence-corrected chi connectivity index (χ2v) is 8.08. The molecular weight excluding hydrogens is 425 g/mol. The van der Waals surface area contributed by atoms with E-state index in [1.807, 2.05) is 24.3 Å².